The number of carbonyl (C=O) groups excluding carboxylic acids is 1. The first-order chi connectivity index (χ1) is 13.2. The SMILES string of the molecule is CC1(C)O[C@@H]2[C@@H](O1)[C@@H](COC(=O)/C=C/c1ccccc1)O[C@H]1OC(C)(C)O[C@@H]12. The van der Waals surface area contributed by atoms with Crippen LogP contribution in [0, 0.1) is 0 Å². The highest BCUT2D eigenvalue weighted by Crippen LogP contribution is 2.44. The summed E-state index contributed by atoms with van der Waals surface area (Å²) < 4.78 is 35.2. The van der Waals surface area contributed by atoms with E-state index in [2.05, 4.69) is 0 Å². The maximum absolute atomic E-state index is 12.1. The number of hydrogen-bond acceptors (Lipinski definition) is 7. The molecule has 0 bridgehead atoms. The Hall–Kier alpha value is -1.77. The van der Waals surface area contributed by atoms with Gasteiger partial charge in [0.15, 0.2) is 17.9 Å². The lowest BCUT2D eigenvalue weighted by molar-refractivity contribution is -0.242. The quantitative estimate of drug-likeness (QED) is 0.578. The number of hydrogen-bond donors (Lipinski definition) is 0. The Morgan fingerprint density at radius 3 is 2.36 bits per heavy atom. The molecule has 0 saturated carbocycles. The van der Waals surface area contributed by atoms with Crippen molar-refractivity contribution < 1.29 is 33.2 Å². The van der Waals surface area contributed by atoms with Gasteiger partial charge in [-0.25, -0.2) is 4.79 Å². The average molecular weight is 390 g/mol. The van der Waals surface area contributed by atoms with Gasteiger partial charge in [-0.3, -0.25) is 0 Å². The summed E-state index contributed by atoms with van der Waals surface area (Å²) >= 11 is 0. The average Bonchev–Trinajstić information content (AvgIpc) is 3.12. The molecule has 0 aromatic heterocycles. The Labute approximate surface area is 164 Å². The van der Waals surface area contributed by atoms with Gasteiger partial charge >= 0.3 is 5.97 Å². The lowest BCUT2D eigenvalue weighted by Gasteiger charge is -2.36. The van der Waals surface area contributed by atoms with Crippen LogP contribution in [0.4, 0.5) is 0 Å². The normalized spacial score (nSPS) is 35.5. The molecule has 3 aliphatic heterocycles. The topological polar surface area (TPSA) is 72.5 Å². The summed E-state index contributed by atoms with van der Waals surface area (Å²) in [6, 6.07) is 9.54. The third-order valence-electron chi connectivity index (χ3n) is 4.85. The minimum atomic E-state index is -0.779. The van der Waals surface area contributed by atoms with Crippen molar-refractivity contribution in [1.29, 1.82) is 0 Å². The van der Waals surface area contributed by atoms with Crippen molar-refractivity contribution in [3.05, 3.63) is 42.0 Å². The Kier molecular flexibility index (Phi) is 5.05. The summed E-state index contributed by atoms with van der Waals surface area (Å²) in [5.41, 5.74) is 0.921. The van der Waals surface area contributed by atoms with Crippen molar-refractivity contribution in [2.45, 2.75) is 70.0 Å². The third-order valence-corrected chi connectivity index (χ3v) is 4.85. The first-order valence-corrected chi connectivity index (χ1v) is 9.49. The van der Waals surface area contributed by atoms with Crippen LogP contribution in [0.25, 0.3) is 6.08 Å². The van der Waals surface area contributed by atoms with E-state index in [1.807, 2.05) is 58.0 Å². The van der Waals surface area contributed by atoms with E-state index in [1.165, 1.54) is 6.08 Å². The van der Waals surface area contributed by atoms with Crippen LogP contribution in [0.1, 0.15) is 33.3 Å². The molecule has 0 N–H and O–H groups in total. The van der Waals surface area contributed by atoms with Crippen molar-refractivity contribution in [3.8, 4) is 0 Å². The standard InChI is InChI=1S/C21H26O7/c1-20(2)25-16-14(12-23-15(22)11-10-13-8-6-5-7-9-13)24-19-18(17(16)26-20)27-21(3,4)28-19/h5-11,14,16-19H,12H2,1-4H3/b11-10+/t14-,16+,17-,18-,19+/m1/s1. The molecule has 0 aliphatic carbocycles. The fourth-order valence-corrected chi connectivity index (χ4v) is 3.77. The fourth-order valence-electron chi connectivity index (χ4n) is 3.77. The largest absolute Gasteiger partial charge is 0.460 e. The van der Waals surface area contributed by atoms with E-state index in [1.54, 1.807) is 6.08 Å². The molecule has 7 heteroatoms. The Morgan fingerprint density at radius 1 is 0.964 bits per heavy atom. The summed E-state index contributed by atoms with van der Waals surface area (Å²) in [4.78, 5) is 12.1. The van der Waals surface area contributed by atoms with E-state index in [0.717, 1.165) is 5.56 Å². The molecule has 0 unspecified atom stereocenters. The maximum atomic E-state index is 12.1. The molecule has 1 aromatic carbocycles. The second kappa shape index (κ2) is 7.24. The molecule has 0 radical (unpaired) electrons. The van der Waals surface area contributed by atoms with Crippen LogP contribution in [-0.2, 0) is 33.2 Å². The Bertz CT molecular complexity index is 742. The predicted molar refractivity (Wildman–Crippen MR) is 99.0 cm³/mol. The molecular weight excluding hydrogens is 364 g/mol. The molecule has 5 atom stereocenters. The molecule has 4 rings (SSSR count). The van der Waals surface area contributed by atoms with Crippen molar-refractivity contribution >= 4 is 12.0 Å². The van der Waals surface area contributed by atoms with Gasteiger partial charge in [0.05, 0.1) is 0 Å². The van der Waals surface area contributed by atoms with Crippen molar-refractivity contribution in [1.82, 2.24) is 0 Å². The zero-order chi connectivity index (χ0) is 19.9. The lowest BCUT2D eigenvalue weighted by Crippen LogP contribution is -2.56. The second-order valence-corrected chi connectivity index (χ2v) is 8.08. The van der Waals surface area contributed by atoms with Gasteiger partial charge in [0.25, 0.3) is 0 Å². The van der Waals surface area contributed by atoms with E-state index >= 15 is 0 Å². The van der Waals surface area contributed by atoms with Gasteiger partial charge in [0.1, 0.15) is 31.0 Å². The minimum Gasteiger partial charge on any atom is -0.460 e. The van der Waals surface area contributed by atoms with Gasteiger partial charge in [0.2, 0.25) is 0 Å². The summed E-state index contributed by atoms with van der Waals surface area (Å²) in [5, 5.41) is 0. The van der Waals surface area contributed by atoms with Crippen LogP contribution in [0.5, 0.6) is 0 Å². The van der Waals surface area contributed by atoms with Crippen molar-refractivity contribution in [2.75, 3.05) is 6.61 Å². The first-order valence-electron chi connectivity index (χ1n) is 9.49. The van der Waals surface area contributed by atoms with Crippen LogP contribution < -0.4 is 0 Å². The summed E-state index contributed by atoms with van der Waals surface area (Å²) in [5.74, 6) is -2.01. The Balaban J connectivity index is 1.41. The van der Waals surface area contributed by atoms with E-state index < -0.39 is 42.1 Å². The number of benzene rings is 1. The number of ether oxygens (including phenoxy) is 6. The minimum absolute atomic E-state index is 0.0333. The maximum Gasteiger partial charge on any atom is 0.330 e. The van der Waals surface area contributed by atoms with Crippen molar-refractivity contribution in [3.63, 3.8) is 0 Å². The van der Waals surface area contributed by atoms with Gasteiger partial charge in [-0.1, -0.05) is 30.3 Å². The molecular formula is C21H26O7. The molecule has 7 nitrogen and oxygen atoms in total. The zero-order valence-corrected chi connectivity index (χ0v) is 16.5. The molecule has 152 valence electrons. The van der Waals surface area contributed by atoms with E-state index in [0.29, 0.717) is 0 Å². The van der Waals surface area contributed by atoms with Crippen LogP contribution in [-0.4, -0.2) is 54.9 Å². The number of fused-ring (bicyclic) bond motifs is 3. The van der Waals surface area contributed by atoms with Crippen LogP contribution in [0.3, 0.4) is 0 Å². The van der Waals surface area contributed by atoms with Crippen LogP contribution in [0.2, 0.25) is 0 Å². The molecule has 0 spiro atoms. The highest BCUT2D eigenvalue weighted by molar-refractivity contribution is 5.87. The molecule has 1 aromatic rings. The summed E-state index contributed by atoms with van der Waals surface area (Å²) in [6.45, 7) is 7.37. The van der Waals surface area contributed by atoms with Crippen molar-refractivity contribution in [2.24, 2.45) is 0 Å². The second-order valence-electron chi connectivity index (χ2n) is 8.08. The van der Waals surface area contributed by atoms with Gasteiger partial charge in [-0.15, -0.1) is 0 Å². The fraction of sp³-hybridized carbons (Fsp3) is 0.571. The van der Waals surface area contributed by atoms with Crippen LogP contribution in [0.15, 0.2) is 36.4 Å². The van der Waals surface area contributed by atoms with Crippen LogP contribution >= 0.6 is 0 Å². The molecule has 3 heterocycles. The smallest absolute Gasteiger partial charge is 0.330 e. The number of esters is 1. The monoisotopic (exact) mass is 390 g/mol. The van der Waals surface area contributed by atoms with Gasteiger partial charge in [-0.2, -0.15) is 0 Å². The highest BCUT2D eigenvalue weighted by atomic mass is 16.9. The summed E-state index contributed by atoms with van der Waals surface area (Å²) in [7, 11) is 0. The van der Waals surface area contributed by atoms with E-state index in [-0.39, 0.29) is 12.7 Å². The van der Waals surface area contributed by atoms with Gasteiger partial charge in [-0.05, 0) is 39.3 Å². The first kappa shape index (κ1) is 19.5. The Morgan fingerprint density at radius 2 is 1.61 bits per heavy atom. The summed E-state index contributed by atoms with van der Waals surface area (Å²) in [6.07, 6.45) is 0.812. The van der Waals surface area contributed by atoms with Gasteiger partial charge < -0.3 is 28.4 Å². The van der Waals surface area contributed by atoms with E-state index in [4.69, 9.17) is 28.4 Å². The predicted octanol–water partition coefficient (Wildman–Crippen LogP) is 2.64. The third kappa shape index (κ3) is 4.14. The van der Waals surface area contributed by atoms with E-state index in [9.17, 15) is 4.79 Å². The van der Waals surface area contributed by atoms with Gasteiger partial charge in [0, 0.05) is 6.08 Å². The molecule has 3 aliphatic rings. The zero-order valence-electron chi connectivity index (χ0n) is 16.5. The highest BCUT2D eigenvalue weighted by Gasteiger charge is 2.60. The lowest BCUT2D eigenvalue weighted by atomic mass is 9.99. The molecule has 3 fully saturated rings. The number of carbonyl (C=O) groups is 1. The molecule has 0 amide bonds. The molecule has 3 saturated heterocycles. The number of rotatable bonds is 4. The molecule has 28 heavy (non-hydrogen) atoms.